The van der Waals surface area contributed by atoms with E-state index in [1.54, 1.807) is 6.33 Å². The summed E-state index contributed by atoms with van der Waals surface area (Å²) in [5.74, 6) is 2.49. The predicted octanol–water partition coefficient (Wildman–Crippen LogP) is 3.52. The first-order valence-corrected chi connectivity index (χ1v) is 8.71. The van der Waals surface area contributed by atoms with Crippen LogP contribution < -0.4 is 4.90 Å². The first-order chi connectivity index (χ1) is 11.7. The molecule has 124 valence electrons. The molecule has 1 fully saturated rings. The number of fused-ring (bicyclic) bond motifs is 1. The number of benzene rings is 1. The second-order valence-electron chi connectivity index (χ2n) is 6.64. The molecule has 0 bridgehead atoms. The van der Waals surface area contributed by atoms with Gasteiger partial charge in [-0.15, -0.1) is 0 Å². The summed E-state index contributed by atoms with van der Waals surface area (Å²) in [5, 5.41) is 4.40. The minimum atomic E-state index is 0.644. The number of hydrogen-bond donors (Lipinski definition) is 0. The maximum absolute atomic E-state index is 4.54. The Kier molecular flexibility index (Phi) is 3.92. The van der Waals surface area contributed by atoms with Gasteiger partial charge in [0.15, 0.2) is 0 Å². The normalized spacial score (nSPS) is 18.8. The molecule has 4 rings (SSSR count). The zero-order valence-corrected chi connectivity index (χ0v) is 14.3. The van der Waals surface area contributed by atoms with Crippen molar-refractivity contribution in [2.75, 3.05) is 18.0 Å². The summed E-state index contributed by atoms with van der Waals surface area (Å²) in [5.41, 5.74) is 3.70. The maximum atomic E-state index is 4.54. The van der Waals surface area contributed by atoms with Crippen molar-refractivity contribution < 1.29 is 0 Å². The van der Waals surface area contributed by atoms with Crippen LogP contribution in [0.1, 0.15) is 42.0 Å². The highest BCUT2D eigenvalue weighted by Crippen LogP contribution is 2.31. The highest BCUT2D eigenvalue weighted by Gasteiger charge is 2.22. The molecule has 0 saturated carbocycles. The third-order valence-electron chi connectivity index (χ3n) is 5.17. The van der Waals surface area contributed by atoms with E-state index in [0.29, 0.717) is 11.7 Å². The molecule has 2 aromatic heterocycles. The molecule has 1 aliphatic rings. The lowest BCUT2D eigenvalue weighted by atomic mass is 9.92. The fourth-order valence-electron chi connectivity index (χ4n) is 3.75. The Labute approximate surface area is 142 Å². The fraction of sp³-hybridized carbons (Fsp3) is 0.421. The van der Waals surface area contributed by atoms with Gasteiger partial charge in [0, 0.05) is 24.3 Å². The fourth-order valence-corrected chi connectivity index (χ4v) is 3.75. The number of rotatable bonds is 2. The van der Waals surface area contributed by atoms with Gasteiger partial charge in [0.25, 0.3) is 5.78 Å². The largest absolute Gasteiger partial charge is 0.356 e. The van der Waals surface area contributed by atoms with Crippen molar-refractivity contribution >= 4 is 11.6 Å². The molecule has 0 N–H and O–H groups in total. The lowest BCUT2D eigenvalue weighted by Gasteiger charge is -2.25. The second-order valence-corrected chi connectivity index (χ2v) is 6.64. The Hall–Kier alpha value is -2.43. The smallest absolute Gasteiger partial charge is 0.254 e. The standard InChI is InChI=1S/C19H23N5/c1-14-15(2)22-19-20-13-21-24(19)18(14)23-11-6-9-17(10-12-23)16-7-4-3-5-8-16/h3-5,7-8,13,17H,6,9-12H2,1-2H3. The van der Waals surface area contributed by atoms with E-state index >= 15 is 0 Å². The Balaban J connectivity index is 1.64. The van der Waals surface area contributed by atoms with E-state index in [1.807, 2.05) is 4.52 Å². The van der Waals surface area contributed by atoms with Crippen LogP contribution in [0.2, 0.25) is 0 Å². The highest BCUT2D eigenvalue weighted by molar-refractivity contribution is 5.54. The Bertz CT molecular complexity index is 840. The molecule has 1 saturated heterocycles. The second kappa shape index (κ2) is 6.23. The molecule has 5 nitrogen and oxygen atoms in total. The van der Waals surface area contributed by atoms with Gasteiger partial charge in [-0.05, 0) is 44.6 Å². The molecule has 1 aromatic carbocycles. The van der Waals surface area contributed by atoms with Gasteiger partial charge in [0.2, 0.25) is 0 Å². The molecule has 0 amide bonds. The van der Waals surface area contributed by atoms with Gasteiger partial charge in [0.05, 0.1) is 0 Å². The lowest BCUT2D eigenvalue weighted by Crippen LogP contribution is -2.28. The van der Waals surface area contributed by atoms with E-state index in [1.165, 1.54) is 30.4 Å². The Morgan fingerprint density at radius 2 is 1.88 bits per heavy atom. The molecule has 0 radical (unpaired) electrons. The Morgan fingerprint density at radius 3 is 2.71 bits per heavy atom. The molecular formula is C19H23N5. The van der Waals surface area contributed by atoms with Gasteiger partial charge in [-0.1, -0.05) is 30.3 Å². The van der Waals surface area contributed by atoms with Gasteiger partial charge < -0.3 is 4.90 Å². The van der Waals surface area contributed by atoms with Crippen LogP contribution in [-0.4, -0.2) is 32.7 Å². The molecule has 1 atom stereocenters. The molecule has 0 aliphatic carbocycles. The SMILES string of the molecule is Cc1nc2ncnn2c(N2CCCC(c3ccccc3)CC2)c1C. The van der Waals surface area contributed by atoms with E-state index in [2.05, 4.69) is 64.1 Å². The first-order valence-electron chi connectivity index (χ1n) is 8.71. The minimum absolute atomic E-state index is 0.644. The number of hydrogen-bond acceptors (Lipinski definition) is 4. The predicted molar refractivity (Wildman–Crippen MR) is 95.5 cm³/mol. The molecule has 5 heteroatoms. The molecule has 3 aromatic rings. The number of anilines is 1. The van der Waals surface area contributed by atoms with Gasteiger partial charge in [-0.3, -0.25) is 0 Å². The molecule has 3 heterocycles. The zero-order valence-electron chi connectivity index (χ0n) is 14.3. The van der Waals surface area contributed by atoms with Crippen molar-refractivity contribution in [2.45, 2.75) is 39.0 Å². The minimum Gasteiger partial charge on any atom is -0.356 e. The van der Waals surface area contributed by atoms with Crippen molar-refractivity contribution in [3.05, 3.63) is 53.5 Å². The third kappa shape index (κ3) is 2.64. The highest BCUT2D eigenvalue weighted by atomic mass is 15.4. The summed E-state index contributed by atoms with van der Waals surface area (Å²) in [6.07, 6.45) is 5.19. The van der Waals surface area contributed by atoms with Crippen LogP contribution in [0.3, 0.4) is 0 Å². The maximum Gasteiger partial charge on any atom is 0.254 e. The van der Waals surface area contributed by atoms with E-state index < -0.39 is 0 Å². The van der Waals surface area contributed by atoms with Crippen molar-refractivity contribution in [1.29, 1.82) is 0 Å². The number of aryl methyl sites for hydroxylation is 1. The van der Waals surface area contributed by atoms with Crippen molar-refractivity contribution in [1.82, 2.24) is 19.6 Å². The molecule has 0 spiro atoms. The monoisotopic (exact) mass is 321 g/mol. The first kappa shape index (κ1) is 15.1. The quantitative estimate of drug-likeness (QED) is 0.724. The van der Waals surface area contributed by atoms with Crippen molar-refractivity contribution in [3.8, 4) is 0 Å². The lowest BCUT2D eigenvalue weighted by molar-refractivity contribution is 0.611. The molecular weight excluding hydrogens is 298 g/mol. The summed E-state index contributed by atoms with van der Waals surface area (Å²) >= 11 is 0. The van der Waals surface area contributed by atoms with E-state index in [4.69, 9.17) is 0 Å². The zero-order chi connectivity index (χ0) is 16.5. The average molecular weight is 321 g/mol. The van der Waals surface area contributed by atoms with Crippen molar-refractivity contribution in [2.24, 2.45) is 0 Å². The van der Waals surface area contributed by atoms with Crippen LogP contribution in [0.5, 0.6) is 0 Å². The number of nitrogens with zero attached hydrogens (tertiary/aromatic N) is 5. The average Bonchev–Trinajstić information content (AvgIpc) is 2.92. The van der Waals surface area contributed by atoms with E-state index in [-0.39, 0.29) is 0 Å². The van der Waals surface area contributed by atoms with Crippen LogP contribution in [0.4, 0.5) is 5.82 Å². The van der Waals surface area contributed by atoms with Gasteiger partial charge in [0.1, 0.15) is 12.1 Å². The third-order valence-corrected chi connectivity index (χ3v) is 5.17. The van der Waals surface area contributed by atoms with Crippen LogP contribution in [0.15, 0.2) is 36.7 Å². The summed E-state index contributed by atoms with van der Waals surface area (Å²) < 4.78 is 1.89. The van der Waals surface area contributed by atoms with Crippen LogP contribution in [0, 0.1) is 13.8 Å². The van der Waals surface area contributed by atoms with E-state index in [0.717, 1.165) is 24.6 Å². The topological polar surface area (TPSA) is 46.3 Å². The van der Waals surface area contributed by atoms with Crippen LogP contribution in [0.25, 0.3) is 5.78 Å². The van der Waals surface area contributed by atoms with E-state index in [9.17, 15) is 0 Å². The molecule has 24 heavy (non-hydrogen) atoms. The van der Waals surface area contributed by atoms with Crippen LogP contribution >= 0.6 is 0 Å². The van der Waals surface area contributed by atoms with Crippen LogP contribution in [-0.2, 0) is 0 Å². The molecule has 1 aliphatic heterocycles. The van der Waals surface area contributed by atoms with Crippen molar-refractivity contribution in [3.63, 3.8) is 0 Å². The summed E-state index contributed by atoms with van der Waals surface area (Å²) in [6.45, 7) is 6.29. The van der Waals surface area contributed by atoms with Gasteiger partial charge in [-0.25, -0.2) is 4.98 Å². The Morgan fingerprint density at radius 1 is 1.04 bits per heavy atom. The summed E-state index contributed by atoms with van der Waals surface area (Å²) in [4.78, 5) is 11.3. The van der Waals surface area contributed by atoms with Gasteiger partial charge in [-0.2, -0.15) is 14.6 Å². The van der Waals surface area contributed by atoms with Gasteiger partial charge >= 0.3 is 0 Å². The summed E-state index contributed by atoms with van der Waals surface area (Å²) in [7, 11) is 0. The summed E-state index contributed by atoms with van der Waals surface area (Å²) in [6, 6.07) is 10.9. The number of aromatic nitrogens is 4. The molecule has 1 unspecified atom stereocenters.